The van der Waals surface area contributed by atoms with Gasteiger partial charge in [-0.05, 0) is 25.0 Å². The molecule has 3 aromatic rings. The molecule has 0 bridgehead atoms. The minimum absolute atomic E-state index is 0.0447. The molecular formula is C26H27Cl2N3O4. The van der Waals surface area contributed by atoms with Gasteiger partial charge in [0.15, 0.2) is 0 Å². The van der Waals surface area contributed by atoms with Crippen LogP contribution < -0.4 is 4.74 Å². The SMILES string of the molecule is O=C(c1cc(-c2ccccc2)no1)N1CCOC(CN2CCC(Oc3ccc(Cl)c(Cl)c3)CC2)C1. The molecule has 5 rings (SSSR count). The minimum atomic E-state index is -0.151. The third-order valence-corrected chi connectivity index (χ3v) is 7.15. The molecule has 0 saturated carbocycles. The van der Waals surface area contributed by atoms with Crippen molar-refractivity contribution in [3.05, 3.63) is 70.4 Å². The van der Waals surface area contributed by atoms with Gasteiger partial charge in [-0.15, -0.1) is 0 Å². The minimum Gasteiger partial charge on any atom is -0.490 e. The Bertz CT molecular complexity index is 1150. The standard InChI is InChI=1S/C26H27Cl2N3O4/c27-22-7-6-20(14-23(22)28)34-19-8-10-30(11-9-19)16-21-17-31(12-13-33-21)26(32)25-15-24(29-35-25)18-4-2-1-3-5-18/h1-7,14-15,19,21H,8-13,16-17H2. The van der Waals surface area contributed by atoms with Crippen LogP contribution in [-0.2, 0) is 4.74 Å². The first kappa shape index (κ1) is 24.1. The van der Waals surface area contributed by atoms with Gasteiger partial charge in [-0.3, -0.25) is 4.79 Å². The van der Waals surface area contributed by atoms with E-state index in [0.29, 0.717) is 35.4 Å². The number of rotatable bonds is 6. The quantitative estimate of drug-likeness (QED) is 0.458. The normalized spacial score (nSPS) is 19.6. The van der Waals surface area contributed by atoms with Crippen LogP contribution in [0, 0.1) is 0 Å². The van der Waals surface area contributed by atoms with Crippen molar-refractivity contribution in [3.8, 4) is 17.0 Å². The van der Waals surface area contributed by atoms with Crippen molar-refractivity contribution >= 4 is 29.1 Å². The molecule has 9 heteroatoms. The lowest BCUT2D eigenvalue weighted by atomic mass is 10.1. The van der Waals surface area contributed by atoms with Crippen molar-refractivity contribution in [1.82, 2.24) is 15.0 Å². The van der Waals surface area contributed by atoms with Crippen LogP contribution in [0.3, 0.4) is 0 Å². The second kappa shape index (κ2) is 11.0. The fraction of sp³-hybridized carbons (Fsp3) is 0.385. The van der Waals surface area contributed by atoms with Crippen molar-refractivity contribution in [2.45, 2.75) is 25.0 Å². The van der Waals surface area contributed by atoms with E-state index in [1.54, 1.807) is 23.1 Å². The average Bonchev–Trinajstić information content (AvgIpc) is 3.38. The Morgan fingerprint density at radius 2 is 1.83 bits per heavy atom. The zero-order valence-corrected chi connectivity index (χ0v) is 20.8. The lowest BCUT2D eigenvalue weighted by molar-refractivity contribution is -0.0422. The monoisotopic (exact) mass is 515 g/mol. The highest BCUT2D eigenvalue weighted by Crippen LogP contribution is 2.28. The number of aromatic nitrogens is 1. The summed E-state index contributed by atoms with van der Waals surface area (Å²) in [4.78, 5) is 17.2. The summed E-state index contributed by atoms with van der Waals surface area (Å²) >= 11 is 12.1. The van der Waals surface area contributed by atoms with E-state index in [1.807, 2.05) is 36.4 Å². The number of piperidine rings is 1. The van der Waals surface area contributed by atoms with Gasteiger partial charge in [0.1, 0.15) is 17.5 Å². The van der Waals surface area contributed by atoms with Gasteiger partial charge in [0.05, 0.1) is 22.8 Å². The topological polar surface area (TPSA) is 68.0 Å². The Balaban J connectivity index is 1.11. The summed E-state index contributed by atoms with van der Waals surface area (Å²) < 4.78 is 17.4. The molecule has 184 valence electrons. The number of benzene rings is 2. The van der Waals surface area contributed by atoms with Crippen molar-refractivity contribution in [1.29, 1.82) is 0 Å². The maximum absolute atomic E-state index is 13.0. The molecule has 1 unspecified atom stereocenters. The zero-order valence-electron chi connectivity index (χ0n) is 19.2. The van der Waals surface area contributed by atoms with Crippen LogP contribution in [0.5, 0.6) is 5.75 Å². The number of ether oxygens (including phenoxy) is 2. The van der Waals surface area contributed by atoms with Crippen molar-refractivity contribution in [2.75, 3.05) is 39.3 Å². The predicted octanol–water partition coefficient (Wildman–Crippen LogP) is 5.03. The van der Waals surface area contributed by atoms with Crippen LogP contribution in [-0.4, -0.2) is 72.4 Å². The first-order chi connectivity index (χ1) is 17.0. The first-order valence-corrected chi connectivity index (χ1v) is 12.6. The number of nitrogens with zero attached hydrogens (tertiary/aromatic N) is 3. The van der Waals surface area contributed by atoms with Gasteiger partial charge in [0.2, 0.25) is 5.76 Å². The first-order valence-electron chi connectivity index (χ1n) is 11.8. The molecule has 2 fully saturated rings. The zero-order chi connectivity index (χ0) is 24.2. The number of hydrogen-bond acceptors (Lipinski definition) is 6. The van der Waals surface area contributed by atoms with Gasteiger partial charge in [0.25, 0.3) is 5.91 Å². The Kier molecular flexibility index (Phi) is 7.58. The number of carbonyl (C=O) groups is 1. The summed E-state index contributed by atoms with van der Waals surface area (Å²) in [6.45, 7) is 4.16. The lowest BCUT2D eigenvalue weighted by Crippen LogP contribution is -2.51. The summed E-state index contributed by atoms with van der Waals surface area (Å²) in [5.74, 6) is 0.844. The van der Waals surface area contributed by atoms with E-state index in [-0.39, 0.29) is 23.9 Å². The second-order valence-corrected chi connectivity index (χ2v) is 9.69. The molecule has 0 radical (unpaired) electrons. The van der Waals surface area contributed by atoms with Crippen LogP contribution in [0.4, 0.5) is 0 Å². The Morgan fingerprint density at radius 3 is 2.60 bits per heavy atom. The van der Waals surface area contributed by atoms with Gasteiger partial charge in [0, 0.05) is 50.4 Å². The number of carbonyl (C=O) groups excluding carboxylic acids is 1. The Morgan fingerprint density at radius 1 is 1.03 bits per heavy atom. The summed E-state index contributed by atoms with van der Waals surface area (Å²) in [5.41, 5.74) is 1.58. The molecule has 2 aromatic carbocycles. The Labute approximate surface area is 214 Å². The molecule has 0 aliphatic carbocycles. The van der Waals surface area contributed by atoms with E-state index in [9.17, 15) is 4.79 Å². The molecule has 2 saturated heterocycles. The van der Waals surface area contributed by atoms with Gasteiger partial charge in [-0.25, -0.2) is 0 Å². The Hall–Kier alpha value is -2.58. The van der Waals surface area contributed by atoms with Gasteiger partial charge < -0.3 is 23.8 Å². The highest BCUT2D eigenvalue weighted by atomic mass is 35.5. The summed E-state index contributed by atoms with van der Waals surface area (Å²) in [5, 5.41) is 5.09. The molecule has 0 N–H and O–H groups in total. The molecule has 1 atom stereocenters. The van der Waals surface area contributed by atoms with E-state index in [1.165, 1.54) is 0 Å². The molecule has 1 aromatic heterocycles. The number of morpholine rings is 1. The van der Waals surface area contributed by atoms with E-state index in [0.717, 1.165) is 43.8 Å². The van der Waals surface area contributed by atoms with Gasteiger partial charge in [-0.2, -0.15) is 0 Å². The van der Waals surface area contributed by atoms with E-state index in [4.69, 9.17) is 37.2 Å². The predicted molar refractivity (Wildman–Crippen MR) is 134 cm³/mol. The second-order valence-electron chi connectivity index (χ2n) is 8.88. The van der Waals surface area contributed by atoms with E-state index < -0.39 is 0 Å². The average molecular weight is 516 g/mol. The van der Waals surface area contributed by atoms with Gasteiger partial charge in [-0.1, -0.05) is 58.7 Å². The number of amides is 1. The number of likely N-dealkylation sites (tertiary alicyclic amines) is 1. The summed E-state index contributed by atoms with van der Waals surface area (Å²) in [6, 6.07) is 16.7. The maximum Gasteiger partial charge on any atom is 0.292 e. The smallest absolute Gasteiger partial charge is 0.292 e. The molecule has 0 spiro atoms. The van der Waals surface area contributed by atoms with Crippen molar-refractivity contribution < 1.29 is 18.8 Å². The maximum atomic E-state index is 13.0. The van der Waals surface area contributed by atoms with E-state index in [2.05, 4.69) is 10.1 Å². The van der Waals surface area contributed by atoms with Crippen molar-refractivity contribution in [2.24, 2.45) is 0 Å². The third-order valence-electron chi connectivity index (χ3n) is 6.41. The van der Waals surface area contributed by atoms with Crippen LogP contribution in [0.2, 0.25) is 10.0 Å². The molecule has 1 amide bonds. The molecule has 2 aliphatic heterocycles. The van der Waals surface area contributed by atoms with E-state index >= 15 is 0 Å². The molecule has 7 nitrogen and oxygen atoms in total. The number of halogens is 2. The van der Waals surface area contributed by atoms with Crippen LogP contribution in [0.25, 0.3) is 11.3 Å². The third kappa shape index (κ3) is 5.98. The largest absolute Gasteiger partial charge is 0.490 e. The van der Waals surface area contributed by atoms with Crippen molar-refractivity contribution in [3.63, 3.8) is 0 Å². The fourth-order valence-electron chi connectivity index (χ4n) is 4.53. The molecule has 2 aliphatic rings. The summed E-state index contributed by atoms with van der Waals surface area (Å²) in [6.07, 6.45) is 1.92. The lowest BCUT2D eigenvalue weighted by Gasteiger charge is -2.38. The molecule has 3 heterocycles. The molecule has 35 heavy (non-hydrogen) atoms. The highest BCUT2D eigenvalue weighted by molar-refractivity contribution is 6.42. The summed E-state index contributed by atoms with van der Waals surface area (Å²) in [7, 11) is 0. The highest BCUT2D eigenvalue weighted by Gasteiger charge is 2.30. The van der Waals surface area contributed by atoms with Crippen LogP contribution >= 0.6 is 23.2 Å². The molecular weight excluding hydrogens is 489 g/mol. The van der Waals surface area contributed by atoms with Gasteiger partial charge >= 0.3 is 0 Å². The van der Waals surface area contributed by atoms with Crippen LogP contribution in [0.15, 0.2) is 59.1 Å². The van der Waals surface area contributed by atoms with Crippen LogP contribution in [0.1, 0.15) is 23.4 Å². The number of hydrogen-bond donors (Lipinski definition) is 0. The fourth-order valence-corrected chi connectivity index (χ4v) is 4.82.